The summed E-state index contributed by atoms with van der Waals surface area (Å²) >= 11 is 3.51. The van der Waals surface area contributed by atoms with Crippen molar-refractivity contribution in [2.75, 3.05) is 37.6 Å². The number of hydrogen-bond donors (Lipinski definition) is 0. The van der Waals surface area contributed by atoms with E-state index < -0.39 is 0 Å². The van der Waals surface area contributed by atoms with E-state index in [0.29, 0.717) is 5.92 Å². The number of Topliss-reactive ketones (excluding diaryl/α,β-unsaturated/α-hetero) is 1. The molecule has 20 heavy (non-hydrogen) atoms. The Labute approximate surface area is 130 Å². The summed E-state index contributed by atoms with van der Waals surface area (Å²) in [5.74, 6) is 0.845. The zero-order chi connectivity index (χ0) is 14.7. The minimum absolute atomic E-state index is 0.136. The van der Waals surface area contributed by atoms with E-state index in [4.69, 9.17) is 0 Å². The van der Waals surface area contributed by atoms with Crippen molar-refractivity contribution in [3.05, 3.63) is 28.2 Å². The van der Waals surface area contributed by atoms with E-state index in [2.05, 4.69) is 45.6 Å². The molecule has 0 unspecified atom stereocenters. The smallest absolute Gasteiger partial charge is 0.161 e. The van der Waals surface area contributed by atoms with Crippen LogP contribution in [0, 0.1) is 5.92 Å². The van der Waals surface area contributed by atoms with Crippen LogP contribution < -0.4 is 4.90 Å². The highest BCUT2D eigenvalue weighted by Gasteiger charge is 2.20. The molecule has 1 fully saturated rings. The Morgan fingerprint density at radius 2 is 1.90 bits per heavy atom. The van der Waals surface area contributed by atoms with Gasteiger partial charge in [0.15, 0.2) is 5.78 Å². The average Bonchev–Trinajstić information content (AvgIpc) is 2.38. The topological polar surface area (TPSA) is 23.6 Å². The number of anilines is 1. The van der Waals surface area contributed by atoms with Crippen LogP contribution in [0.15, 0.2) is 22.7 Å². The molecule has 0 amide bonds. The second-order valence-electron chi connectivity index (χ2n) is 5.90. The van der Waals surface area contributed by atoms with Gasteiger partial charge >= 0.3 is 0 Å². The summed E-state index contributed by atoms with van der Waals surface area (Å²) in [6.45, 7) is 11.4. The number of nitrogens with zero attached hydrogens (tertiary/aromatic N) is 2. The summed E-state index contributed by atoms with van der Waals surface area (Å²) in [4.78, 5) is 16.6. The van der Waals surface area contributed by atoms with Gasteiger partial charge in [0, 0.05) is 48.4 Å². The molecule has 1 aromatic rings. The lowest BCUT2D eigenvalue weighted by molar-refractivity contribution is 0.101. The molecular formula is C16H23BrN2O. The molecule has 1 aliphatic heterocycles. The van der Waals surface area contributed by atoms with Gasteiger partial charge in [-0.1, -0.05) is 29.8 Å². The molecule has 1 aromatic carbocycles. The van der Waals surface area contributed by atoms with E-state index in [1.54, 1.807) is 6.92 Å². The van der Waals surface area contributed by atoms with Gasteiger partial charge in [0.1, 0.15) is 0 Å². The van der Waals surface area contributed by atoms with Gasteiger partial charge in [0.25, 0.3) is 0 Å². The number of piperazine rings is 1. The second kappa shape index (κ2) is 6.72. The first-order chi connectivity index (χ1) is 9.47. The van der Waals surface area contributed by atoms with Crippen LogP contribution in [0.4, 0.5) is 5.69 Å². The van der Waals surface area contributed by atoms with Gasteiger partial charge in [-0.3, -0.25) is 9.69 Å². The summed E-state index contributed by atoms with van der Waals surface area (Å²) < 4.78 is 1.03. The molecule has 110 valence electrons. The lowest BCUT2D eigenvalue weighted by Gasteiger charge is -2.37. The number of carbonyl (C=O) groups excluding carboxylic acids is 1. The Morgan fingerprint density at radius 3 is 2.45 bits per heavy atom. The number of carbonyl (C=O) groups is 1. The molecule has 0 aliphatic carbocycles. The number of ketones is 1. The molecule has 0 bridgehead atoms. The predicted molar refractivity (Wildman–Crippen MR) is 87.6 cm³/mol. The monoisotopic (exact) mass is 338 g/mol. The molecule has 0 atom stereocenters. The van der Waals surface area contributed by atoms with Gasteiger partial charge in [-0.25, -0.2) is 0 Å². The minimum atomic E-state index is 0.136. The van der Waals surface area contributed by atoms with Crippen molar-refractivity contribution < 1.29 is 4.79 Å². The summed E-state index contributed by atoms with van der Waals surface area (Å²) in [6.07, 6.45) is 0. The molecular weight excluding hydrogens is 316 g/mol. The van der Waals surface area contributed by atoms with Crippen molar-refractivity contribution in [2.24, 2.45) is 5.92 Å². The molecule has 3 nitrogen and oxygen atoms in total. The summed E-state index contributed by atoms with van der Waals surface area (Å²) in [7, 11) is 0. The fraction of sp³-hybridized carbons (Fsp3) is 0.562. The average molecular weight is 339 g/mol. The molecule has 0 spiro atoms. The standard InChI is InChI=1S/C16H23BrN2O/c1-12(2)11-18-6-8-19(9-7-18)16-10-14(17)4-5-15(16)13(3)20/h4-5,10,12H,6-9,11H2,1-3H3. The lowest BCUT2D eigenvalue weighted by Crippen LogP contribution is -2.47. The van der Waals surface area contributed by atoms with Crippen molar-refractivity contribution in [2.45, 2.75) is 20.8 Å². The van der Waals surface area contributed by atoms with Crippen molar-refractivity contribution in [1.29, 1.82) is 0 Å². The van der Waals surface area contributed by atoms with Gasteiger partial charge in [-0.2, -0.15) is 0 Å². The van der Waals surface area contributed by atoms with Crippen LogP contribution >= 0.6 is 15.9 Å². The van der Waals surface area contributed by atoms with Crippen molar-refractivity contribution >= 4 is 27.4 Å². The Hall–Kier alpha value is -0.870. The van der Waals surface area contributed by atoms with Gasteiger partial charge < -0.3 is 4.90 Å². The molecule has 0 radical (unpaired) electrons. The van der Waals surface area contributed by atoms with E-state index in [-0.39, 0.29) is 5.78 Å². The number of hydrogen-bond acceptors (Lipinski definition) is 3. The Morgan fingerprint density at radius 1 is 1.25 bits per heavy atom. The van der Waals surface area contributed by atoms with Gasteiger partial charge in [-0.05, 0) is 31.0 Å². The quantitative estimate of drug-likeness (QED) is 0.786. The third kappa shape index (κ3) is 3.83. The van der Waals surface area contributed by atoms with Crippen LogP contribution in [0.2, 0.25) is 0 Å². The fourth-order valence-corrected chi connectivity index (χ4v) is 3.10. The van der Waals surface area contributed by atoms with Crippen LogP contribution in [0.5, 0.6) is 0 Å². The first-order valence-electron chi connectivity index (χ1n) is 7.25. The molecule has 4 heteroatoms. The van der Waals surface area contributed by atoms with E-state index in [1.165, 1.54) is 0 Å². The maximum atomic E-state index is 11.8. The number of benzene rings is 1. The molecule has 1 saturated heterocycles. The van der Waals surface area contributed by atoms with Gasteiger partial charge in [0.05, 0.1) is 0 Å². The maximum absolute atomic E-state index is 11.8. The van der Waals surface area contributed by atoms with Crippen LogP contribution in [0.1, 0.15) is 31.1 Å². The van der Waals surface area contributed by atoms with Crippen molar-refractivity contribution in [3.8, 4) is 0 Å². The van der Waals surface area contributed by atoms with Crippen molar-refractivity contribution in [3.63, 3.8) is 0 Å². The molecule has 0 aromatic heterocycles. The zero-order valence-corrected chi connectivity index (χ0v) is 14.1. The lowest BCUT2D eigenvalue weighted by atomic mass is 10.1. The highest BCUT2D eigenvalue weighted by atomic mass is 79.9. The van der Waals surface area contributed by atoms with E-state index in [0.717, 1.165) is 48.4 Å². The van der Waals surface area contributed by atoms with E-state index in [9.17, 15) is 4.79 Å². The largest absolute Gasteiger partial charge is 0.368 e. The molecule has 1 heterocycles. The summed E-state index contributed by atoms with van der Waals surface area (Å²) in [5, 5.41) is 0. The normalized spacial score (nSPS) is 16.8. The molecule has 2 rings (SSSR count). The molecule has 0 saturated carbocycles. The summed E-state index contributed by atoms with van der Waals surface area (Å²) in [5.41, 5.74) is 1.89. The highest BCUT2D eigenvalue weighted by molar-refractivity contribution is 9.10. The Balaban J connectivity index is 2.10. The Kier molecular flexibility index (Phi) is 5.22. The molecule has 0 N–H and O–H groups in total. The zero-order valence-electron chi connectivity index (χ0n) is 12.5. The first kappa shape index (κ1) is 15.5. The fourth-order valence-electron chi connectivity index (χ4n) is 2.75. The maximum Gasteiger partial charge on any atom is 0.161 e. The third-order valence-electron chi connectivity index (χ3n) is 3.68. The number of halogens is 1. The first-order valence-corrected chi connectivity index (χ1v) is 8.04. The third-order valence-corrected chi connectivity index (χ3v) is 4.17. The van der Waals surface area contributed by atoms with Crippen LogP contribution in [0.25, 0.3) is 0 Å². The van der Waals surface area contributed by atoms with Crippen LogP contribution in [-0.2, 0) is 0 Å². The Bertz CT molecular complexity index is 479. The van der Waals surface area contributed by atoms with Crippen LogP contribution in [0.3, 0.4) is 0 Å². The van der Waals surface area contributed by atoms with Gasteiger partial charge in [0.2, 0.25) is 0 Å². The van der Waals surface area contributed by atoms with E-state index in [1.807, 2.05) is 12.1 Å². The summed E-state index contributed by atoms with van der Waals surface area (Å²) in [6, 6.07) is 5.92. The highest BCUT2D eigenvalue weighted by Crippen LogP contribution is 2.26. The predicted octanol–water partition coefficient (Wildman–Crippen LogP) is 3.43. The number of rotatable bonds is 4. The minimum Gasteiger partial charge on any atom is -0.368 e. The SMILES string of the molecule is CC(=O)c1ccc(Br)cc1N1CCN(CC(C)C)CC1. The van der Waals surface area contributed by atoms with E-state index >= 15 is 0 Å². The van der Waals surface area contributed by atoms with Crippen LogP contribution in [-0.4, -0.2) is 43.4 Å². The second-order valence-corrected chi connectivity index (χ2v) is 6.81. The van der Waals surface area contributed by atoms with Crippen molar-refractivity contribution in [1.82, 2.24) is 4.90 Å². The van der Waals surface area contributed by atoms with Gasteiger partial charge in [-0.15, -0.1) is 0 Å². The molecule has 1 aliphatic rings.